The average molecular weight is 318 g/mol. The van der Waals surface area contributed by atoms with Gasteiger partial charge in [0, 0.05) is 0 Å². The lowest BCUT2D eigenvalue weighted by Gasteiger charge is -2.13. The Labute approximate surface area is 130 Å². The van der Waals surface area contributed by atoms with Crippen LogP contribution in [0.2, 0.25) is 0 Å². The third kappa shape index (κ3) is 3.00. The molecule has 1 unspecified atom stereocenters. The van der Waals surface area contributed by atoms with Gasteiger partial charge in [0.15, 0.2) is 0 Å². The van der Waals surface area contributed by atoms with Crippen molar-refractivity contribution in [3.05, 3.63) is 53.6 Å². The van der Waals surface area contributed by atoms with Crippen molar-refractivity contribution in [1.82, 2.24) is 0 Å². The van der Waals surface area contributed by atoms with Crippen LogP contribution in [0.1, 0.15) is 11.1 Å². The van der Waals surface area contributed by atoms with Crippen molar-refractivity contribution >= 4 is 9.84 Å². The maximum atomic E-state index is 13.0. The van der Waals surface area contributed by atoms with Crippen LogP contribution in [0, 0.1) is 13.8 Å². The minimum atomic E-state index is -3.62. The summed E-state index contributed by atoms with van der Waals surface area (Å²) < 4.78 is 36.7. The predicted octanol–water partition coefficient (Wildman–Crippen LogP) is 2.91. The van der Waals surface area contributed by atoms with Crippen molar-refractivity contribution in [2.24, 2.45) is 0 Å². The van der Waals surface area contributed by atoms with E-state index in [-0.39, 0.29) is 11.0 Å². The standard InChI is InChI=1S/C17H18O4S/c1-12-7-8-13(2)17(9-12)22(18,19)16-6-4-3-5-15(16)21-11-14-10-20-14/h3-9,14H,10-11H2,1-2H3. The molecule has 0 radical (unpaired) electrons. The molecule has 0 amide bonds. The maximum Gasteiger partial charge on any atom is 0.210 e. The highest BCUT2D eigenvalue weighted by atomic mass is 32.2. The lowest BCUT2D eigenvalue weighted by Crippen LogP contribution is -2.10. The monoisotopic (exact) mass is 318 g/mol. The SMILES string of the molecule is Cc1ccc(C)c(S(=O)(=O)c2ccccc2OCC2CO2)c1. The second kappa shape index (κ2) is 5.74. The third-order valence-electron chi connectivity index (χ3n) is 3.60. The molecule has 3 rings (SSSR count). The first-order chi connectivity index (χ1) is 10.5. The number of epoxide rings is 1. The second-order valence-electron chi connectivity index (χ2n) is 5.49. The largest absolute Gasteiger partial charge is 0.489 e. The molecule has 0 saturated carbocycles. The van der Waals surface area contributed by atoms with Gasteiger partial charge in [0.05, 0.1) is 11.5 Å². The van der Waals surface area contributed by atoms with Gasteiger partial charge in [0.2, 0.25) is 9.84 Å². The van der Waals surface area contributed by atoms with Crippen LogP contribution in [0.5, 0.6) is 5.75 Å². The molecule has 1 fully saturated rings. The van der Waals surface area contributed by atoms with Gasteiger partial charge in [0.25, 0.3) is 0 Å². The summed E-state index contributed by atoms with van der Waals surface area (Å²) in [5.74, 6) is 0.374. The van der Waals surface area contributed by atoms with E-state index in [9.17, 15) is 8.42 Å². The second-order valence-corrected chi connectivity index (χ2v) is 7.37. The van der Waals surface area contributed by atoms with Crippen molar-refractivity contribution in [2.75, 3.05) is 13.2 Å². The molecule has 2 aromatic rings. The van der Waals surface area contributed by atoms with Gasteiger partial charge in [0.1, 0.15) is 23.4 Å². The number of aryl methyl sites for hydroxylation is 2. The van der Waals surface area contributed by atoms with Crippen LogP contribution in [0.3, 0.4) is 0 Å². The number of sulfone groups is 1. The highest BCUT2D eigenvalue weighted by molar-refractivity contribution is 7.91. The van der Waals surface area contributed by atoms with E-state index in [0.717, 1.165) is 11.1 Å². The molecule has 22 heavy (non-hydrogen) atoms. The Bertz CT molecular complexity index is 792. The number of rotatable bonds is 5. The minimum absolute atomic E-state index is 0.0801. The van der Waals surface area contributed by atoms with Gasteiger partial charge in [-0.15, -0.1) is 0 Å². The number of hydrogen-bond donors (Lipinski definition) is 0. The van der Waals surface area contributed by atoms with E-state index in [4.69, 9.17) is 9.47 Å². The quantitative estimate of drug-likeness (QED) is 0.795. The topological polar surface area (TPSA) is 55.9 Å². The summed E-state index contributed by atoms with van der Waals surface area (Å²) in [5.41, 5.74) is 1.64. The number of benzene rings is 2. The van der Waals surface area contributed by atoms with E-state index in [1.54, 1.807) is 37.3 Å². The lowest BCUT2D eigenvalue weighted by atomic mass is 10.2. The number of hydrogen-bond acceptors (Lipinski definition) is 4. The summed E-state index contributed by atoms with van der Waals surface area (Å²) >= 11 is 0. The zero-order valence-corrected chi connectivity index (χ0v) is 13.4. The van der Waals surface area contributed by atoms with Crippen molar-refractivity contribution < 1.29 is 17.9 Å². The summed E-state index contributed by atoms with van der Waals surface area (Å²) in [6, 6.07) is 12.2. The van der Waals surface area contributed by atoms with Gasteiger partial charge >= 0.3 is 0 Å². The van der Waals surface area contributed by atoms with Crippen LogP contribution in [-0.4, -0.2) is 27.7 Å². The van der Waals surface area contributed by atoms with Crippen molar-refractivity contribution in [2.45, 2.75) is 29.7 Å². The molecular weight excluding hydrogens is 300 g/mol. The molecule has 4 nitrogen and oxygen atoms in total. The third-order valence-corrected chi connectivity index (χ3v) is 5.53. The van der Waals surface area contributed by atoms with E-state index in [2.05, 4.69) is 0 Å². The predicted molar refractivity (Wildman–Crippen MR) is 83.0 cm³/mol. The Kier molecular flexibility index (Phi) is 3.93. The summed E-state index contributed by atoms with van der Waals surface area (Å²) in [4.78, 5) is 0.524. The summed E-state index contributed by atoms with van der Waals surface area (Å²) in [5, 5.41) is 0. The van der Waals surface area contributed by atoms with Crippen LogP contribution in [0.25, 0.3) is 0 Å². The molecule has 1 aliphatic heterocycles. The first-order valence-corrected chi connectivity index (χ1v) is 8.62. The molecule has 0 aliphatic carbocycles. The first kappa shape index (κ1) is 15.1. The molecule has 2 aromatic carbocycles. The van der Waals surface area contributed by atoms with Gasteiger partial charge in [-0.3, -0.25) is 0 Å². The van der Waals surface area contributed by atoms with Gasteiger partial charge in [-0.05, 0) is 43.2 Å². The van der Waals surface area contributed by atoms with Crippen molar-refractivity contribution in [3.8, 4) is 5.75 Å². The fraction of sp³-hybridized carbons (Fsp3) is 0.294. The molecule has 1 heterocycles. The van der Waals surface area contributed by atoms with Crippen molar-refractivity contribution in [1.29, 1.82) is 0 Å². The Balaban J connectivity index is 2.02. The summed E-state index contributed by atoms with van der Waals surface area (Å²) in [6.07, 6.45) is 0.0801. The number of ether oxygens (including phenoxy) is 2. The Morgan fingerprint density at radius 3 is 2.59 bits per heavy atom. The number of para-hydroxylation sites is 1. The highest BCUT2D eigenvalue weighted by Gasteiger charge is 2.27. The highest BCUT2D eigenvalue weighted by Crippen LogP contribution is 2.31. The Morgan fingerprint density at radius 2 is 1.86 bits per heavy atom. The fourth-order valence-electron chi connectivity index (χ4n) is 2.25. The normalized spacial score (nSPS) is 17.3. The molecule has 0 aromatic heterocycles. The van der Waals surface area contributed by atoms with Gasteiger partial charge in [-0.1, -0.05) is 24.3 Å². The Morgan fingerprint density at radius 1 is 1.14 bits per heavy atom. The summed E-state index contributed by atoms with van der Waals surface area (Å²) in [6.45, 7) is 4.73. The summed E-state index contributed by atoms with van der Waals surface area (Å²) in [7, 11) is -3.62. The van der Waals surface area contributed by atoms with Gasteiger partial charge in [-0.2, -0.15) is 0 Å². The average Bonchev–Trinajstić information content (AvgIpc) is 3.32. The molecule has 116 valence electrons. The van der Waals surface area contributed by atoms with Gasteiger partial charge < -0.3 is 9.47 Å². The van der Waals surface area contributed by atoms with E-state index < -0.39 is 9.84 Å². The van der Waals surface area contributed by atoms with E-state index >= 15 is 0 Å². The molecule has 1 atom stereocenters. The lowest BCUT2D eigenvalue weighted by molar-refractivity contribution is 0.258. The Hall–Kier alpha value is -1.85. The van der Waals surface area contributed by atoms with Crippen LogP contribution in [-0.2, 0) is 14.6 Å². The van der Waals surface area contributed by atoms with E-state index in [1.165, 1.54) is 0 Å². The minimum Gasteiger partial charge on any atom is -0.489 e. The van der Waals surface area contributed by atoms with Crippen LogP contribution < -0.4 is 4.74 Å². The van der Waals surface area contributed by atoms with E-state index in [1.807, 2.05) is 19.1 Å². The van der Waals surface area contributed by atoms with Crippen LogP contribution in [0.15, 0.2) is 52.3 Å². The van der Waals surface area contributed by atoms with Gasteiger partial charge in [-0.25, -0.2) is 8.42 Å². The molecule has 0 N–H and O–H groups in total. The maximum absolute atomic E-state index is 13.0. The molecule has 1 saturated heterocycles. The van der Waals surface area contributed by atoms with Crippen LogP contribution in [0.4, 0.5) is 0 Å². The smallest absolute Gasteiger partial charge is 0.210 e. The zero-order valence-electron chi connectivity index (χ0n) is 12.6. The van der Waals surface area contributed by atoms with Crippen molar-refractivity contribution in [3.63, 3.8) is 0 Å². The zero-order chi connectivity index (χ0) is 15.7. The molecule has 0 bridgehead atoms. The van der Waals surface area contributed by atoms with E-state index in [0.29, 0.717) is 23.9 Å². The first-order valence-electron chi connectivity index (χ1n) is 7.14. The molecule has 5 heteroatoms. The molecule has 0 spiro atoms. The van der Waals surface area contributed by atoms with Crippen LogP contribution >= 0.6 is 0 Å². The molecule has 1 aliphatic rings. The fourth-order valence-corrected chi connectivity index (χ4v) is 3.97. The molecular formula is C17H18O4S.